The van der Waals surface area contributed by atoms with E-state index in [4.69, 9.17) is 9.15 Å². The fraction of sp³-hybridized carbons (Fsp3) is 0.111. The van der Waals surface area contributed by atoms with Gasteiger partial charge in [-0.1, -0.05) is 42.1 Å². The van der Waals surface area contributed by atoms with Crippen LogP contribution in [0.5, 0.6) is 5.75 Å². The van der Waals surface area contributed by atoms with Crippen molar-refractivity contribution in [3.8, 4) is 5.75 Å². The Hall–Kier alpha value is -2.73. The zero-order valence-electron chi connectivity index (χ0n) is 13.0. The number of nitrogens with zero attached hydrogens (tertiary/aromatic N) is 2. The van der Waals surface area contributed by atoms with E-state index in [1.807, 2.05) is 54.6 Å². The molecule has 0 aliphatic carbocycles. The average molecular weight is 337 g/mol. The molecule has 0 radical (unpaired) electrons. The van der Waals surface area contributed by atoms with E-state index < -0.39 is 0 Å². The molecule has 120 valence electrons. The molecule has 4 rings (SSSR count). The normalized spacial score (nSPS) is 16.0. The molecule has 0 bridgehead atoms. The first-order valence-corrected chi connectivity index (χ1v) is 8.48. The zero-order valence-corrected chi connectivity index (χ0v) is 13.8. The standard InChI is InChI=1S/C18H15N3O2S/c1-22-16-9-5-3-7-13(16)19-18-21-20-14(11-24-18)17-10-12-6-2-4-8-15(12)23-17/h2-10H,11H2,1H3,(H,19,21). The summed E-state index contributed by atoms with van der Waals surface area (Å²) in [4.78, 5) is 4.57. The van der Waals surface area contributed by atoms with Gasteiger partial charge < -0.3 is 9.15 Å². The minimum absolute atomic E-state index is 0.695. The monoisotopic (exact) mass is 337 g/mol. The first kappa shape index (κ1) is 14.8. The second kappa shape index (κ2) is 6.41. The van der Waals surface area contributed by atoms with Crippen LogP contribution in [0.4, 0.5) is 5.69 Å². The Morgan fingerprint density at radius 3 is 2.79 bits per heavy atom. The van der Waals surface area contributed by atoms with Crippen molar-refractivity contribution in [2.24, 2.45) is 10.1 Å². The second-order valence-electron chi connectivity index (χ2n) is 5.20. The summed E-state index contributed by atoms with van der Waals surface area (Å²) in [6.45, 7) is 0. The molecular weight excluding hydrogens is 322 g/mol. The molecule has 6 heteroatoms. The van der Waals surface area contributed by atoms with Crippen LogP contribution in [0.3, 0.4) is 0 Å². The van der Waals surface area contributed by atoms with Crippen LogP contribution in [0.2, 0.25) is 0 Å². The van der Waals surface area contributed by atoms with Gasteiger partial charge in [-0.25, -0.2) is 4.99 Å². The molecule has 0 saturated carbocycles. The van der Waals surface area contributed by atoms with E-state index >= 15 is 0 Å². The number of thioether (sulfide) groups is 1. The van der Waals surface area contributed by atoms with Crippen LogP contribution in [0.1, 0.15) is 5.76 Å². The number of rotatable bonds is 3. The largest absolute Gasteiger partial charge is 0.494 e. The summed E-state index contributed by atoms with van der Waals surface area (Å²) in [7, 11) is 1.64. The summed E-state index contributed by atoms with van der Waals surface area (Å²) < 4.78 is 11.2. The van der Waals surface area contributed by atoms with Crippen LogP contribution in [0.25, 0.3) is 11.0 Å². The Morgan fingerprint density at radius 2 is 2.00 bits per heavy atom. The summed E-state index contributed by atoms with van der Waals surface area (Å²) in [5.74, 6) is 2.22. The van der Waals surface area contributed by atoms with Crippen molar-refractivity contribution in [3.05, 3.63) is 60.4 Å². The van der Waals surface area contributed by atoms with Crippen LogP contribution >= 0.6 is 11.8 Å². The van der Waals surface area contributed by atoms with Crippen molar-refractivity contribution in [3.63, 3.8) is 0 Å². The fourth-order valence-corrected chi connectivity index (χ4v) is 3.21. The number of nitrogens with one attached hydrogen (secondary N) is 1. The zero-order chi connectivity index (χ0) is 16.4. The quantitative estimate of drug-likeness (QED) is 0.779. The number of hydrazone groups is 1. The number of methoxy groups -OCH3 is 1. The predicted octanol–water partition coefficient (Wildman–Crippen LogP) is 4.17. The SMILES string of the molecule is COc1ccccc1N=C1NN=C(c2cc3ccccc3o2)CS1. The first-order valence-electron chi connectivity index (χ1n) is 7.49. The van der Waals surface area contributed by atoms with Crippen molar-refractivity contribution < 1.29 is 9.15 Å². The summed E-state index contributed by atoms with van der Waals surface area (Å²) in [5.41, 5.74) is 5.51. The highest BCUT2D eigenvalue weighted by Crippen LogP contribution is 2.28. The molecule has 0 fully saturated rings. The van der Waals surface area contributed by atoms with Gasteiger partial charge in [0.15, 0.2) is 10.9 Å². The summed E-state index contributed by atoms with van der Waals surface area (Å²) in [5, 5.41) is 6.22. The molecule has 1 N–H and O–H groups in total. The number of para-hydroxylation sites is 3. The molecule has 1 aromatic heterocycles. The van der Waals surface area contributed by atoms with Gasteiger partial charge in [-0.15, -0.1) is 0 Å². The summed E-state index contributed by atoms with van der Waals surface area (Å²) in [6, 6.07) is 17.6. The van der Waals surface area contributed by atoms with Crippen LogP contribution in [0, 0.1) is 0 Å². The van der Waals surface area contributed by atoms with Crippen molar-refractivity contribution >= 4 is 39.3 Å². The Bertz CT molecular complexity index is 913. The van der Waals surface area contributed by atoms with Crippen LogP contribution < -0.4 is 10.2 Å². The Labute approximate surface area is 143 Å². The molecule has 0 amide bonds. The van der Waals surface area contributed by atoms with E-state index in [1.54, 1.807) is 18.9 Å². The van der Waals surface area contributed by atoms with E-state index in [0.717, 1.165) is 39.0 Å². The highest BCUT2D eigenvalue weighted by Gasteiger charge is 2.17. The third-order valence-electron chi connectivity index (χ3n) is 3.65. The molecule has 0 unspecified atom stereocenters. The lowest BCUT2D eigenvalue weighted by atomic mass is 10.2. The molecule has 0 spiro atoms. The number of amidine groups is 1. The molecule has 5 nitrogen and oxygen atoms in total. The molecular formula is C18H15N3O2S. The molecule has 1 aliphatic rings. The summed E-state index contributed by atoms with van der Waals surface area (Å²) in [6.07, 6.45) is 0. The highest BCUT2D eigenvalue weighted by molar-refractivity contribution is 8.14. The Balaban J connectivity index is 1.57. The summed E-state index contributed by atoms with van der Waals surface area (Å²) >= 11 is 1.58. The maximum atomic E-state index is 5.85. The highest BCUT2D eigenvalue weighted by atomic mass is 32.2. The van der Waals surface area contributed by atoms with Gasteiger partial charge in [0.05, 0.1) is 7.11 Å². The van der Waals surface area contributed by atoms with Gasteiger partial charge in [0, 0.05) is 11.1 Å². The molecule has 2 heterocycles. The average Bonchev–Trinajstić information content (AvgIpc) is 3.07. The van der Waals surface area contributed by atoms with Crippen molar-refractivity contribution in [2.75, 3.05) is 12.9 Å². The van der Waals surface area contributed by atoms with Gasteiger partial charge >= 0.3 is 0 Å². The predicted molar refractivity (Wildman–Crippen MR) is 98.4 cm³/mol. The van der Waals surface area contributed by atoms with Crippen molar-refractivity contribution in [1.29, 1.82) is 0 Å². The maximum Gasteiger partial charge on any atom is 0.182 e. The number of fused-ring (bicyclic) bond motifs is 1. The van der Waals surface area contributed by atoms with Crippen molar-refractivity contribution in [2.45, 2.75) is 0 Å². The van der Waals surface area contributed by atoms with Gasteiger partial charge in [-0.2, -0.15) is 5.10 Å². The van der Waals surface area contributed by atoms with Gasteiger partial charge in [-0.05, 0) is 24.3 Å². The van der Waals surface area contributed by atoms with E-state index in [2.05, 4.69) is 15.5 Å². The molecule has 1 aliphatic heterocycles. The number of hydrogen-bond donors (Lipinski definition) is 1. The molecule has 3 aromatic rings. The Morgan fingerprint density at radius 1 is 1.17 bits per heavy atom. The molecule has 0 saturated heterocycles. The molecule has 0 atom stereocenters. The number of ether oxygens (including phenoxy) is 1. The number of benzene rings is 2. The topological polar surface area (TPSA) is 59.1 Å². The lowest BCUT2D eigenvalue weighted by Crippen LogP contribution is -2.24. The maximum absolute atomic E-state index is 5.85. The van der Waals surface area contributed by atoms with E-state index in [-0.39, 0.29) is 0 Å². The number of aliphatic imine (C=N–C) groups is 1. The first-order chi connectivity index (χ1) is 11.8. The van der Waals surface area contributed by atoms with Crippen LogP contribution in [0.15, 0.2) is 69.1 Å². The van der Waals surface area contributed by atoms with Gasteiger partial charge in [0.25, 0.3) is 0 Å². The third kappa shape index (κ3) is 2.88. The van der Waals surface area contributed by atoms with E-state index in [9.17, 15) is 0 Å². The van der Waals surface area contributed by atoms with Crippen LogP contribution in [-0.4, -0.2) is 23.7 Å². The van der Waals surface area contributed by atoms with Gasteiger partial charge in [-0.3, -0.25) is 5.43 Å². The molecule has 2 aromatic carbocycles. The van der Waals surface area contributed by atoms with Gasteiger partial charge in [0.1, 0.15) is 22.7 Å². The third-order valence-corrected chi connectivity index (χ3v) is 4.52. The number of hydrogen-bond acceptors (Lipinski definition) is 5. The smallest absolute Gasteiger partial charge is 0.182 e. The lowest BCUT2D eigenvalue weighted by Gasteiger charge is -2.13. The van der Waals surface area contributed by atoms with Crippen LogP contribution in [-0.2, 0) is 0 Å². The Kier molecular flexibility index (Phi) is 3.96. The van der Waals surface area contributed by atoms with E-state index in [0.29, 0.717) is 5.75 Å². The van der Waals surface area contributed by atoms with E-state index in [1.165, 1.54) is 0 Å². The van der Waals surface area contributed by atoms with Gasteiger partial charge in [0.2, 0.25) is 0 Å². The fourth-order valence-electron chi connectivity index (χ4n) is 2.46. The molecule has 24 heavy (non-hydrogen) atoms. The van der Waals surface area contributed by atoms with Crippen molar-refractivity contribution in [1.82, 2.24) is 5.43 Å². The minimum Gasteiger partial charge on any atom is -0.494 e. The minimum atomic E-state index is 0.695. The number of furan rings is 1. The lowest BCUT2D eigenvalue weighted by molar-refractivity contribution is 0.416. The second-order valence-corrected chi connectivity index (χ2v) is 6.16.